The Balaban J connectivity index is 2.01. The van der Waals surface area contributed by atoms with Gasteiger partial charge in [0, 0.05) is 11.1 Å². The van der Waals surface area contributed by atoms with Crippen LogP contribution in [0.15, 0.2) is 34.7 Å². The third kappa shape index (κ3) is 3.40. The molecule has 0 aliphatic heterocycles. The van der Waals surface area contributed by atoms with Gasteiger partial charge in [-0.3, -0.25) is 0 Å². The van der Waals surface area contributed by atoms with Crippen LogP contribution in [-0.2, 0) is 6.54 Å². The molecule has 0 amide bonds. The molecule has 1 heterocycles. The first kappa shape index (κ1) is 14.6. The van der Waals surface area contributed by atoms with Crippen LogP contribution in [0.1, 0.15) is 40.4 Å². The Morgan fingerprint density at radius 1 is 1.45 bits per heavy atom. The summed E-state index contributed by atoms with van der Waals surface area (Å²) < 4.78 is 5.42. The number of hydrogen-bond acceptors (Lipinski definition) is 3. The molecule has 20 heavy (non-hydrogen) atoms. The quantitative estimate of drug-likeness (QED) is 0.880. The highest BCUT2D eigenvalue weighted by molar-refractivity contribution is 6.30. The summed E-state index contributed by atoms with van der Waals surface area (Å²) in [7, 11) is 0. The van der Waals surface area contributed by atoms with E-state index >= 15 is 0 Å². The fraction of sp³-hybridized carbons (Fsp3) is 0.267. The fourth-order valence-corrected chi connectivity index (χ4v) is 2.19. The van der Waals surface area contributed by atoms with Crippen molar-refractivity contribution in [1.82, 2.24) is 5.32 Å². The molecular formula is C15H16ClNO3. The summed E-state index contributed by atoms with van der Waals surface area (Å²) in [6.45, 7) is 4.12. The molecule has 0 fully saturated rings. The van der Waals surface area contributed by atoms with Gasteiger partial charge in [0.05, 0.1) is 6.54 Å². The van der Waals surface area contributed by atoms with Gasteiger partial charge in [-0.05, 0) is 37.6 Å². The standard InChI is InChI=1S/C15H16ClNO3/c1-9(11-4-3-5-12(16)6-11)17-8-13-7-14(15(18)19)10(2)20-13/h3-7,9,17H,8H2,1-2H3,(H,18,19)/t9-/m1/s1. The lowest BCUT2D eigenvalue weighted by molar-refractivity contribution is 0.0695. The number of carbonyl (C=O) groups is 1. The summed E-state index contributed by atoms with van der Waals surface area (Å²) in [4.78, 5) is 10.9. The number of furan rings is 1. The van der Waals surface area contributed by atoms with E-state index in [0.29, 0.717) is 23.1 Å². The number of aryl methyl sites for hydroxylation is 1. The monoisotopic (exact) mass is 293 g/mol. The smallest absolute Gasteiger partial charge is 0.339 e. The zero-order chi connectivity index (χ0) is 14.7. The molecule has 2 N–H and O–H groups in total. The van der Waals surface area contributed by atoms with Crippen LogP contribution in [0.5, 0.6) is 0 Å². The van der Waals surface area contributed by atoms with Crippen molar-refractivity contribution in [3.05, 3.63) is 58.0 Å². The predicted octanol–water partition coefficient (Wildman–Crippen LogP) is 3.79. The van der Waals surface area contributed by atoms with Gasteiger partial charge in [-0.2, -0.15) is 0 Å². The molecule has 1 atom stereocenters. The van der Waals surface area contributed by atoms with Crippen molar-refractivity contribution in [3.63, 3.8) is 0 Å². The minimum atomic E-state index is -0.972. The molecule has 5 heteroatoms. The number of hydrogen-bond donors (Lipinski definition) is 2. The Hall–Kier alpha value is -1.78. The van der Waals surface area contributed by atoms with Crippen LogP contribution in [0, 0.1) is 6.92 Å². The lowest BCUT2D eigenvalue weighted by atomic mass is 10.1. The van der Waals surface area contributed by atoms with Gasteiger partial charge in [0.1, 0.15) is 17.1 Å². The third-order valence-electron chi connectivity index (χ3n) is 3.13. The van der Waals surface area contributed by atoms with Crippen LogP contribution in [0.2, 0.25) is 5.02 Å². The van der Waals surface area contributed by atoms with E-state index in [4.69, 9.17) is 21.1 Å². The Labute approximate surface area is 122 Å². The second kappa shape index (κ2) is 6.11. The molecule has 1 aromatic carbocycles. The first-order valence-electron chi connectivity index (χ1n) is 6.29. The summed E-state index contributed by atoms with van der Waals surface area (Å²) >= 11 is 5.95. The molecule has 2 aromatic rings. The predicted molar refractivity (Wildman–Crippen MR) is 77.1 cm³/mol. The number of nitrogens with one attached hydrogen (secondary N) is 1. The minimum absolute atomic E-state index is 0.0902. The maximum Gasteiger partial charge on any atom is 0.339 e. The molecule has 1 aromatic heterocycles. The molecule has 4 nitrogen and oxygen atoms in total. The summed E-state index contributed by atoms with van der Waals surface area (Å²) in [5, 5.41) is 12.9. The normalized spacial score (nSPS) is 12.3. The van der Waals surface area contributed by atoms with E-state index in [1.54, 1.807) is 13.0 Å². The molecule has 0 spiro atoms. The average molecular weight is 294 g/mol. The van der Waals surface area contributed by atoms with Crippen molar-refractivity contribution >= 4 is 17.6 Å². The fourth-order valence-electron chi connectivity index (χ4n) is 1.99. The second-order valence-electron chi connectivity index (χ2n) is 4.65. The van der Waals surface area contributed by atoms with E-state index in [2.05, 4.69) is 5.32 Å². The van der Waals surface area contributed by atoms with E-state index < -0.39 is 5.97 Å². The minimum Gasteiger partial charge on any atom is -0.478 e. The highest BCUT2D eigenvalue weighted by Crippen LogP contribution is 2.19. The Bertz CT molecular complexity index is 621. The summed E-state index contributed by atoms with van der Waals surface area (Å²) in [5.74, 6) is 0.0545. The van der Waals surface area contributed by atoms with Gasteiger partial charge in [-0.15, -0.1) is 0 Å². The second-order valence-corrected chi connectivity index (χ2v) is 5.08. The van der Waals surface area contributed by atoms with Crippen LogP contribution in [0.4, 0.5) is 0 Å². The van der Waals surface area contributed by atoms with Crippen LogP contribution < -0.4 is 5.32 Å². The van der Waals surface area contributed by atoms with E-state index in [0.717, 1.165) is 5.56 Å². The van der Waals surface area contributed by atoms with Crippen molar-refractivity contribution in [1.29, 1.82) is 0 Å². The first-order valence-corrected chi connectivity index (χ1v) is 6.66. The number of aromatic carboxylic acids is 1. The molecule has 2 rings (SSSR count). The van der Waals surface area contributed by atoms with Gasteiger partial charge in [0.15, 0.2) is 0 Å². The molecule has 0 bridgehead atoms. The Kier molecular flexibility index (Phi) is 4.47. The lowest BCUT2D eigenvalue weighted by Gasteiger charge is -2.13. The molecule has 0 aliphatic carbocycles. The number of benzene rings is 1. The van der Waals surface area contributed by atoms with E-state index in [1.807, 2.05) is 31.2 Å². The van der Waals surface area contributed by atoms with Gasteiger partial charge in [0.2, 0.25) is 0 Å². The van der Waals surface area contributed by atoms with Gasteiger partial charge in [-0.1, -0.05) is 23.7 Å². The molecule has 0 unspecified atom stereocenters. The van der Waals surface area contributed by atoms with Gasteiger partial charge >= 0.3 is 5.97 Å². The zero-order valence-corrected chi connectivity index (χ0v) is 12.1. The van der Waals surface area contributed by atoms with Crippen molar-refractivity contribution < 1.29 is 14.3 Å². The Morgan fingerprint density at radius 3 is 2.80 bits per heavy atom. The van der Waals surface area contributed by atoms with Crippen molar-refractivity contribution in [2.75, 3.05) is 0 Å². The molecule has 0 aliphatic rings. The van der Waals surface area contributed by atoms with Gasteiger partial charge in [0.25, 0.3) is 0 Å². The van der Waals surface area contributed by atoms with Crippen molar-refractivity contribution in [2.24, 2.45) is 0 Å². The van der Waals surface area contributed by atoms with Crippen LogP contribution >= 0.6 is 11.6 Å². The summed E-state index contributed by atoms with van der Waals surface area (Å²) in [6.07, 6.45) is 0. The van der Waals surface area contributed by atoms with Crippen molar-refractivity contribution in [3.8, 4) is 0 Å². The third-order valence-corrected chi connectivity index (χ3v) is 3.37. The van der Waals surface area contributed by atoms with E-state index in [9.17, 15) is 4.79 Å². The summed E-state index contributed by atoms with van der Waals surface area (Å²) in [6, 6.07) is 9.25. The number of rotatable bonds is 5. The molecule has 0 saturated heterocycles. The van der Waals surface area contributed by atoms with E-state index in [-0.39, 0.29) is 11.6 Å². The molecule has 106 valence electrons. The number of carboxylic acids is 1. The molecule has 0 radical (unpaired) electrons. The van der Waals surface area contributed by atoms with Crippen LogP contribution in [0.3, 0.4) is 0 Å². The molecule has 0 saturated carbocycles. The maximum absolute atomic E-state index is 10.9. The maximum atomic E-state index is 10.9. The number of carboxylic acid groups (broad SMARTS) is 1. The van der Waals surface area contributed by atoms with Crippen molar-refractivity contribution in [2.45, 2.75) is 26.4 Å². The zero-order valence-electron chi connectivity index (χ0n) is 11.3. The highest BCUT2D eigenvalue weighted by atomic mass is 35.5. The van der Waals surface area contributed by atoms with Crippen LogP contribution in [0.25, 0.3) is 0 Å². The summed E-state index contributed by atoms with van der Waals surface area (Å²) in [5.41, 5.74) is 1.27. The van der Waals surface area contributed by atoms with Gasteiger partial charge in [-0.25, -0.2) is 4.79 Å². The molecular weight excluding hydrogens is 278 g/mol. The number of halogens is 1. The first-order chi connectivity index (χ1) is 9.47. The SMILES string of the molecule is Cc1oc(CN[C@H](C)c2cccc(Cl)c2)cc1C(=O)O. The highest BCUT2D eigenvalue weighted by Gasteiger charge is 2.14. The van der Waals surface area contributed by atoms with E-state index in [1.165, 1.54) is 0 Å². The Morgan fingerprint density at radius 2 is 2.20 bits per heavy atom. The van der Waals surface area contributed by atoms with Gasteiger partial charge < -0.3 is 14.8 Å². The average Bonchev–Trinajstić information content (AvgIpc) is 2.77. The van der Waals surface area contributed by atoms with Crippen LogP contribution in [-0.4, -0.2) is 11.1 Å². The topological polar surface area (TPSA) is 62.5 Å². The lowest BCUT2D eigenvalue weighted by Crippen LogP contribution is -2.17. The largest absolute Gasteiger partial charge is 0.478 e.